The third kappa shape index (κ3) is 4.91. The third-order valence-electron chi connectivity index (χ3n) is 4.76. The topological polar surface area (TPSA) is 75.8 Å². The Labute approximate surface area is 184 Å². The lowest BCUT2D eigenvalue weighted by molar-refractivity contribution is -0.127. The molecule has 6 nitrogen and oxygen atoms in total. The molecule has 7 heteroatoms. The van der Waals surface area contributed by atoms with Crippen LogP contribution in [0, 0.1) is 20.8 Å². The van der Waals surface area contributed by atoms with Gasteiger partial charge in [0, 0.05) is 27.1 Å². The molecule has 0 radical (unpaired) electrons. The van der Waals surface area contributed by atoms with Crippen molar-refractivity contribution in [2.45, 2.75) is 33.8 Å². The fourth-order valence-electron chi connectivity index (χ4n) is 3.17. The van der Waals surface area contributed by atoms with Gasteiger partial charge >= 0.3 is 0 Å². The molecule has 1 amide bonds. The number of phenolic OH excluding ortho intramolecular Hbond substituents is 1. The van der Waals surface area contributed by atoms with Gasteiger partial charge in [-0.3, -0.25) is 4.79 Å². The first kappa shape index (κ1) is 21.6. The second-order valence-corrected chi connectivity index (χ2v) is 8.00. The van der Waals surface area contributed by atoms with Crippen molar-refractivity contribution in [1.29, 1.82) is 0 Å². The summed E-state index contributed by atoms with van der Waals surface area (Å²) in [6, 6.07) is 14.8. The Hall–Kier alpha value is -3.06. The van der Waals surface area contributed by atoms with Crippen LogP contribution in [0.4, 0.5) is 0 Å². The number of benzene rings is 2. The minimum Gasteiger partial charge on any atom is -0.508 e. The molecule has 1 heterocycles. The summed E-state index contributed by atoms with van der Waals surface area (Å²) in [6.45, 7) is 7.49. The molecule has 0 spiro atoms. The van der Waals surface area contributed by atoms with Crippen molar-refractivity contribution in [2.75, 3.05) is 0 Å². The standard InChI is InChI=1S/C23H24BrN3O3/c1-14-11-21(28)9-10-22(14)30-17(4)23(29)26-25-13-18-12-15(2)27(16(18)3)20-7-5-19(24)6-8-20/h5-13,17,28H,1-4H3,(H,26,29)/b25-13-/t17-/m1/s1. The number of nitrogens with zero attached hydrogens (tertiary/aromatic N) is 2. The number of rotatable bonds is 6. The highest BCUT2D eigenvalue weighted by atomic mass is 79.9. The predicted molar refractivity (Wildman–Crippen MR) is 122 cm³/mol. The summed E-state index contributed by atoms with van der Waals surface area (Å²) >= 11 is 3.46. The van der Waals surface area contributed by atoms with E-state index in [1.165, 1.54) is 6.07 Å². The van der Waals surface area contributed by atoms with E-state index < -0.39 is 6.10 Å². The van der Waals surface area contributed by atoms with Crippen molar-refractivity contribution in [3.05, 3.63) is 75.5 Å². The van der Waals surface area contributed by atoms with Gasteiger partial charge in [-0.05, 0) is 81.8 Å². The molecule has 156 valence electrons. The molecule has 2 N–H and O–H groups in total. The van der Waals surface area contributed by atoms with Crippen LogP contribution in [0.2, 0.25) is 0 Å². The maximum Gasteiger partial charge on any atom is 0.280 e. The quantitative estimate of drug-likeness (QED) is 0.402. The number of nitrogens with one attached hydrogen (secondary N) is 1. The first-order valence-corrected chi connectivity index (χ1v) is 10.3. The minimum absolute atomic E-state index is 0.155. The lowest BCUT2D eigenvalue weighted by Crippen LogP contribution is -2.33. The van der Waals surface area contributed by atoms with E-state index in [2.05, 4.69) is 31.0 Å². The smallest absolute Gasteiger partial charge is 0.280 e. The number of carbonyl (C=O) groups is 1. The Morgan fingerprint density at radius 3 is 2.53 bits per heavy atom. The van der Waals surface area contributed by atoms with Gasteiger partial charge in [0.25, 0.3) is 5.91 Å². The van der Waals surface area contributed by atoms with E-state index in [1.54, 1.807) is 32.2 Å². The zero-order chi connectivity index (χ0) is 21.8. The molecule has 0 aliphatic heterocycles. The van der Waals surface area contributed by atoms with Gasteiger partial charge in [-0.25, -0.2) is 5.43 Å². The number of aromatic hydroxyl groups is 1. The summed E-state index contributed by atoms with van der Waals surface area (Å²) in [5.74, 6) is 0.334. The van der Waals surface area contributed by atoms with Gasteiger partial charge in [0.2, 0.25) is 0 Å². The van der Waals surface area contributed by atoms with E-state index in [0.29, 0.717) is 5.75 Å². The number of ether oxygens (including phenoxy) is 1. The van der Waals surface area contributed by atoms with Crippen LogP contribution in [0.25, 0.3) is 5.69 Å². The molecule has 1 atom stereocenters. The molecule has 30 heavy (non-hydrogen) atoms. The Kier molecular flexibility index (Phi) is 6.62. The number of amides is 1. The lowest BCUT2D eigenvalue weighted by atomic mass is 10.2. The Morgan fingerprint density at radius 1 is 1.17 bits per heavy atom. The summed E-state index contributed by atoms with van der Waals surface area (Å²) in [4.78, 5) is 12.3. The van der Waals surface area contributed by atoms with E-state index in [9.17, 15) is 9.90 Å². The maximum atomic E-state index is 12.3. The van der Waals surface area contributed by atoms with Gasteiger partial charge in [-0.15, -0.1) is 0 Å². The van der Waals surface area contributed by atoms with Gasteiger partial charge in [0.15, 0.2) is 6.10 Å². The zero-order valence-corrected chi connectivity index (χ0v) is 18.9. The third-order valence-corrected chi connectivity index (χ3v) is 5.29. The van der Waals surface area contributed by atoms with E-state index in [-0.39, 0.29) is 11.7 Å². The molecule has 0 saturated carbocycles. The van der Waals surface area contributed by atoms with Gasteiger partial charge in [0.1, 0.15) is 11.5 Å². The molecule has 0 aliphatic rings. The number of carbonyl (C=O) groups excluding carboxylic acids is 1. The van der Waals surface area contributed by atoms with Crippen molar-refractivity contribution >= 4 is 28.1 Å². The molecule has 3 rings (SSSR count). The van der Waals surface area contributed by atoms with Crippen molar-refractivity contribution in [1.82, 2.24) is 9.99 Å². The molecule has 0 saturated heterocycles. The minimum atomic E-state index is -0.736. The number of aromatic nitrogens is 1. The number of phenols is 1. The monoisotopic (exact) mass is 469 g/mol. The highest BCUT2D eigenvalue weighted by Gasteiger charge is 2.15. The highest BCUT2D eigenvalue weighted by Crippen LogP contribution is 2.24. The van der Waals surface area contributed by atoms with Crippen LogP contribution >= 0.6 is 15.9 Å². The lowest BCUT2D eigenvalue weighted by Gasteiger charge is -2.14. The Balaban J connectivity index is 1.67. The highest BCUT2D eigenvalue weighted by molar-refractivity contribution is 9.10. The first-order valence-electron chi connectivity index (χ1n) is 9.50. The molecule has 1 aromatic heterocycles. The van der Waals surface area contributed by atoms with Crippen molar-refractivity contribution in [3.63, 3.8) is 0 Å². The Morgan fingerprint density at radius 2 is 1.87 bits per heavy atom. The van der Waals surface area contributed by atoms with Gasteiger partial charge in [-0.2, -0.15) is 5.10 Å². The second-order valence-electron chi connectivity index (χ2n) is 7.08. The number of aryl methyl sites for hydroxylation is 2. The fraction of sp³-hybridized carbons (Fsp3) is 0.217. The summed E-state index contributed by atoms with van der Waals surface area (Å²) in [5.41, 5.74) is 7.34. The molecule has 3 aromatic rings. The summed E-state index contributed by atoms with van der Waals surface area (Å²) in [6.07, 6.45) is 0.897. The number of halogens is 1. The van der Waals surface area contributed by atoms with Crippen LogP contribution in [0.3, 0.4) is 0 Å². The summed E-state index contributed by atoms with van der Waals surface area (Å²) in [5, 5.41) is 13.6. The van der Waals surface area contributed by atoms with Crippen LogP contribution in [-0.4, -0.2) is 27.9 Å². The SMILES string of the molecule is Cc1cc(O)ccc1O[C@H](C)C(=O)N/N=C\c1cc(C)n(-c2ccc(Br)cc2)c1C. The number of hydrazone groups is 1. The second kappa shape index (κ2) is 9.17. The first-order chi connectivity index (χ1) is 14.3. The van der Waals surface area contributed by atoms with E-state index in [0.717, 1.165) is 32.7 Å². The molecule has 0 bridgehead atoms. The molecule has 0 unspecified atom stereocenters. The van der Waals surface area contributed by atoms with E-state index >= 15 is 0 Å². The summed E-state index contributed by atoms with van der Waals surface area (Å²) in [7, 11) is 0. The molecular weight excluding hydrogens is 446 g/mol. The van der Waals surface area contributed by atoms with Gasteiger partial charge in [0.05, 0.1) is 6.21 Å². The van der Waals surface area contributed by atoms with Crippen molar-refractivity contribution in [2.24, 2.45) is 5.10 Å². The van der Waals surface area contributed by atoms with Gasteiger partial charge in [-0.1, -0.05) is 15.9 Å². The number of hydrogen-bond acceptors (Lipinski definition) is 4. The Bertz CT molecular complexity index is 1090. The van der Waals surface area contributed by atoms with Crippen LogP contribution in [0.15, 0.2) is 58.1 Å². The summed E-state index contributed by atoms with van der Waals surface area (Å²) < 4.78 is 8.83. The molecule has 2 aromatic carbocycles. The molecule has 0 aliphatic carbocycles. The van der Waals surface area contributed by atoms with Crippen LogP contribution in [-0.2, 0) is 4.79 Å². The average Bonchev–Trinajstić information content (AvgIpc) is 2.98. The van der Waals surface area contributed by atoms with Crippen molar-refractivity contribution in [3.8, 4) is 17.2 Å². The van der Waals surface area contributed by atoms with E-state index in [1.807, 2.05) is 44.2 Å². The fourth-order valence-corrected chi connectivity index (χ4v) is 3.44. The zero-order valence-electron chi connectivity index (χ0n) is 17.3. The number of hydrogen-bond donors (Lipinski definition) is 2. The van der Waals surface area contributed by atoms with Crippen molar-refractivity contribution < 1.29 is 14.6 Å². The maximum absolute atomic E-state index is 12.3. The largest absolute Gasteiger partial charge is 0.508 e. The molecule has 0 fully saturated rings. The predicted octanol–water partition coefficient (Wildman–Crippen LogP) is 4.79. The normalized spacial score (nSPS) is 12.2. The molecular formula is C23H24BrN3O3. The van der Waals surface area contributed by atoms with E-state index in [4.69, 9.17) is 4.74 Å². The van der Waals surface area contributed by atoms with Crippen LogP contribution < -0.4 is 10.2 Å². The van der Waals surface area contributed by atoms with Gasteiger partial charge < -0.3 is 14.4 Å². The van der Waals surface area contributed by atoms with Crippen LogP contribution in [0.5, 0.6) is 11.5 Å². The van der Waals surface area contributed by atoms with Crippen LogP contribution in [0.1, 0.15) is 29.4 Å². The average molecular weight is 470 g/mol.